The van der Waals surface area contributed by atoms with Crippen molar-refractivity contribution in [1.82, 2.24) is 41.8 Å². The van der Waals surface area contributed by atoms with E-state index in [1.165, 1.54) is 48.7 Å². The lowest BCUT2D eigenvalue weighted by Gasteiger charge is -2.36. The van der Waals surface area contributed by atoms with Gasteiger partial charge in [-0.1, -0.05) is 123 Å². The molecule has 8 atom stereocenters. The first-order valence-corrected chi connectivity index (χ1v) is 35.5. The van der Waals surface area contributed by atoms with Gasteiger partial charge in [0.15, 0.2) is 11.5 Å². The average molecular weight is 1420 g/mol. The number of aryl methyl sites for hydroxylation is 1. The van der Waals surface area contributed by atoms with Gasteiger partial charge in [0.05, 0.1) is 46.6 Å². The monoisotopic (exact) mass is 1420 g/mol. The van der Waals surface area contributed by atoms with Crippen LogP contribution in [-0.2, 0) is 63.7 Å². The molecule has 0 bridgehead atoms. The highest BCUT2D eigenvalue weighted by atomic mass is 35.5. The molecule has 5 rings (SSSR count). The third-order valence-electron chi connectivity index (χ3n) is 16.5. The molecule has 1 fully saturated rings. The number of alkyl halides is 1. The highest BCUT2D eigenvalue weighted by molar-refractivity contribution is 6.15. The number of ether oxygens (including phenoxy) is 6. The van der Waals surface area contributed by atoms with Crippen molar-refractivity contribution in [2.24, 2.45) is 11.5 Å². The molecule has 1 saturated heterocycles. The minimum Gasteiger partial charge on any atom is -0.493 e. The van der Waals surface area contributed by atoms with Crippen LogP contribution in [0.15, 0.2) is 36.4 Å². The highest BCUT2D eigenvalue weighted by Crippen LogP contribution is 2.45. The SMILES string of the molecule is CCCCC[C@H](N)C(=O)NCCCC[C@H](NC(C)=O)C(=O)OC.CCCCC[C@H](N)C(=O)OC.CCCCC[C@H](NC(C)=O)C(=O)OC.CCCCC[C@H](NC)C(=O)NCCCC[C@H](NC(=O)Oc1c(C)cc([C@H]2c3[nH]c4ccccc4c3CC3COC(=O)N32)cc1OC)C(=O)O.CCl. The van der Waals surface area contributed by atoms with Gasteiger partial charge in [-0.05, 0) is 119 Å². The maximum atomic E-state index is 13.0. The number of carbonyl (C=O) groups excluding carboxylic acids is 9. The summed E-state index contributed by atoms with van der Waals surface area (Å²) in [6.45, 7) is 14.1. The van der Waals surface area contributed by atoms with E-state index < -0.39 is 60.4 Å². The number of rotatable bonds is 39. The molecule has 0 radical (unpaired) electrons. The van der Waals surface area contributed by atoms with E-state index in [0.29, 0.717) is 76.6 Å². The van der Waals surface area contributed by atoms with Crippen LogP contribution in [-0.4, -0.2) is 179 Å². The van der Waals surface area contributed by atoms with Crippen LogP contribution >= 0.6 is 11.6 Å². The Morgan fingerprint density at radius 2 is 1.11 bits per heavy atom. The molecule has 3 heterocycles. The number of cyclic esters (lactones) is 1. The molecule has 560 valence electrons. The van der Waals surface area contributed by atoms with Gasteiger partial charge in [-0.2, -0.15) is 0 Å². The number of hydrogen-bond acceptors (Lipinski definition) is 19. The van der Waals surface area contributed by atoms with Gasteiger partial charge in [-0.25, -0.2) is 24.0 Å². The number of para-hydroxylation sites is 1. The predicted molar refractivity (Wildman–Crippen MR) is 381 cm³/mol. The highest BCUT2D eigenvalue weighted by Gasteiger charge is 2.46. The number of aromatic nitrogens is 1. The lowest BCUT2D eigenvalue weighted by molar-refractivity contribution is -0.145. The van der Waals surface area contributed by atoms with Crippen LogP contribution in [0.2, 0.25) is 0 Å². The van der Waals surface area contributed by atoms with E-state index in [4.69, 9.17) is 25.7 Å². The molecule has 6 amide bonds. The van der Waals surface area contributed by atoms with Crippen LogP contribution in [0, 0.1) is 6.92 Å². The zero-order valence-electron chi connectivity index (χ0n) is 60.9. The lowest BCUT2D eigenvalue weighted by atomic mass is 9.88. The van der Waals surface area contributed by atoms with Crippen LogP contribution in [0.1, 0.15) is 211 Å². The summed E-state index contributed by atoms with van der Waals surface area (Å²) in [7, 11) is 7.20. The number of fused-ring (bicyclic) bond motifs is 4. The first-order chi connectivity index (χ1) is 47.4. The van der Waals surface area contributed by atoms with Gasteiger partial charge in [0.1, 0.15) is 36.8 Å². The number of benzene rings is 2. The Bertz CT molecular complexity index is 2930. The van der Waals surface area contributed by atoms with E-state index in [-0.39, 0.29) is 65.6 Å². The van der Waals surface area contributed by atoms with Gasteiger partial charge in [0.25, 0.3) is 0 Å². The number of amides is 6. The fourth-order valence-electron chi connectivity index (χ4n) is 11.2. The second-order valence-corrected chi connectivity index (χ2v) is 24.3. The molecular weight excluding hydrogens is 1300 g/mol. The summed E-state index contributed by atoms with van der Waals surface area (Å²) in [6.07, 6.45) is 19.3. The van der Waals surface area contributed by atoms with Gasteiger partial charge in [-0.3, -0.25) is 28.9 Å². The second-order valence-electron chi connectivity index (χ2n) is 24.3. The average Bonchev–Trinajstić information content (AvgIpc) is 1.60. The van der Waals surface area contributed by atoms with Gasteiger partial charge in [-0.15, -0.1) is 11.6 Å². The maximum absolute atomic E-state index is 13.0. The first kappa shape index (κ1) is 89.3. The summed E-state index contributed by atoms with van der Waals surface area (Å²) in [5.41, 5.74) is 15.6. The smallest absolute Gasteiger partial charge is 0.413 e. The quantitative estimate of drug-likeness (QED) is 0.0110. The summed E-state index contributed by atoms with van der Waals surface area (Å²) in [6, 6.07) is 7.53. The zero-order chi connectivity index (χ0) is 74.4. The Kier molecular flexibility index (Phi) is 46.4. The van der Waals surface area contributed by atoms with E-state index in [0.717, 1.165) is 118 Å². The number of unbranched alkanes of at least 4 members (excludes halogenated alkanes) is 10. The summed E-state index contributed by atoms with van der Waals surface area (Å²) in [5, 5.41) is 27.2. The van der Waals surface area contributed by atoms with Crippen LogP contribution in [0.3, 0.4) is 0 Å². The largest absolute Gasteiger partial charge is 0.493 e. The third-order valence-corrected chi connectivity index (χ3v) is 16.5. The number of carboxylic acid groups (broad SMARTS) is 1. The van der Waals surface area contributed by atoms with E-state index in [1.807, 2.05) is 24.3 Å². The fraction of sp³-hybridized carbons (Fsp3) is 0.662. The van der Waals surface area contributed by atoms with Crippen LogP contribution < -0.4 is 52.8 Å². The number of halogens is 1. The number of methoxy groups -OCH3 is 4. The van der Waals surface area contributed by atoms with Crippen molar-refractivity contribution in [1.29, 1.82) is 0 Å². The Morgan fingerprint density at radius 1 is 0.636 bits per heavy atom. The van der Waals surface area contributed by atoms with E-state index >= 15 is 0 Å². The van der Waals surface area contributed by atoms with Gasteiger partial charge >= 0.3 is 36.1 Å². The molecule has 1 unspecified atom stereocenters. The zero-order valence-corrected chi connectivity index (χ0v) is 61.7. The molecule has 2 aliphatic rings. The van der Waals surface area contributed by atoms with Gasteiger partial charge < -0.3 is 81.9 Å². The molecule has 99 heavy (non-hydrogen) atoms. The van der Waals surface area contributed by atoms with Crippen molar-refractivity contribution >= 4 is 82.2 Å². The summed E-state index contributed by atoms with van der Waals surface area (Å²) < 4.78 is 30.5. The summed E-state index contributed by atoms with van der Waals surface area (Å²) in [5.74, 6) is -2.59. The van der Waals surface area contributed by atoms with Crippen molar-refractivity contribution in [2.45, 2.75) is 244 Å². The van der Waals surface area contributed by atoms with Gasteiger partial charge in [0.2, 0.25) is 23.6 Å². The number of carboxylic acids is 1. The molecule has 12 N–H and O–H groups in total. The number of nitrogens with one attached hydrogen (secondary N) is 7. The van der Waals surface area contributed by atoms with Crippen LogP contribution in [0.25, 0.3) is 10.9 Å². The Hall–Kier alpha value is -7.75. The van der Waals surface area contributed by atoms with E-state index in [1.54, 1.807) is 24.9 Å². The Balaban J connectivity index is 0.000000805. The number of carbonyl (C=O) groups is 10. The molecule has 0 aliphatic carbocycles. The molecule has 0 spiro atoms. The third kappa shape index (κ3) is 32.9. The van der Waals surface area contributed by atoms with Crippen LogP contribution in [0.5, 0.6) is 11.5 Å². The minimum atomic E-state index is -1.19. The fourth-order valence-corrected chi connectivity index (χ4v) is 11.2. The Morgan fingerprint density at radius 3 is 1.60 bits per heavy atom. The minimum absolute atomic E-state index is 0.0733. The number of H-pyrrole nitrogens is 1. The predicted octanol–water partition coefficient (Wildman–Crippen LogP) is 8.97. The molecule has 0 saturated carbocycles. The molecule has 2 aromatic carbocycles. The first-order valence-electron chi connectivity index (χ1n) is 34.8. The van der Waals surface area contributed by atoms with Crippen molar-refractivity contribution in [3.63, 3.8) is 0 Å². The molecular formula is C71H117ClN10O17. The molecule has 27 nitrogen and oxygen atoms in total. The maximum Gasteiger partial charge on any atom is 0.413 e. The van der Waals surface area contributed by atoms with Crippen molar-refractivity contribution in [2.75, 3.05) is 61.6 Å². The number of nitrogens with two attached hydrogens (primary N) is 2. The Labute approximate surface area is 590 Å². The molecule has 3 aromatic rings. The normalized spacial score (nSPS) is 15.0. The molecule has 28 heteroatoms. The summed E-state index contributed by atoms with van der Waals surface area (Å²) in [4.78, 5) is 123. The molecule has 1 aromatic heterocycles. The topological polar surface area (TPSA) is 390 Å². The standard InChI is InChI=1S/C36H47N5O8.C16H31N3O4.C10H19NO3.C8H17NO2.CH3Cl/c1-5-6-7-14-27(37-3)33(42)38-16-11-10-15-28(34(43)44)40-35(45)49-32-21(2)17-22(18-29(32)47-4)31-30-25(19-23-20-48-36(46)41(23)31)24-12-8-9-13-26(24)39-30;1-4-5-6-9-13(17)15(21)18-11-8-7-10-14(16(22)23-3)19-12(2)20;1-4-5-6-7-9(10(13)14-3)11-8(2)12;1-3-4-5-6-7(9)8(10)11-2;1-2/h8-9,12-13,17-18,23,27-28,31,37,39H,5-7,10-11,14-16,19-20H2,1-4H3,(H,38,42)(H,40,45)(H,43,44);13-14H,4-11,17H2,1-3H3,(H,18,21)(H,19,20);9H,4-7H2,1-3H3,(H,11,12);7H,3-6,9H2,1-2H3;1H3/t23?,27-,28-,31-;13-,14-;9-;7-;/m0000./s1. The number of hydrogen-bond donors (Lipinski definition) is 10. The number of aliphatic carboxylic acids is 1. The lowest BCUT2D eigenvalue weighted by Crippen LogP contribution is -2.43. The van der Waals surface area contributed by atoms with Crippen LogP contribution in [0.4, 0.5) is 9.59 Å². The number of likely N-dealkylation sites (N-methyl/N-ethyl adjacent to an activating group) is 1. The van der Waals surface area contributed by atoms with Crippen molar-refractivity contribution in [3.8, 4) is 11.5 Å². The van der Waals surface area contributed by atoms with Gasteiger partial charge in [0, 0.05) is 49.9 Å². The number of nitrogens with zero attached hydrogens (tertiary/aromatic N) is 1. The van der Waals surface area contributed by atoms with Crippen molar-refractivity contribution in [3.05, 3.63) is 58.8 Å². The number of aromatic amines is 1. The molecule has 2 aliphatic heterocycles. The van der Waals surface area contributed by atoms with Crippen molar-refractivity contribution < 1.29 is 81.5 Å². The number of esters is 3. The van der Waals surface area contributed by atoms with E-state index in [9.17, 15) is 53.1 Å². The second kappa shape index (κ2) is 51.4. The van der Waals surface area contributed by atoms with E-state index in [2.05, 4.69) is 96.5 Å². The summed E-state index contributed by atoms with van der Waals surface area (Å²) >= 11 is 4.64.